The molecule has 0 amide bonds. The standard InChI is InChI=1S/C11H10ClN3O/c1-8-2-3-9(15-14-8)7-16-10-4-5-13-11(12)6-10/h2-6H,7H2,1H3. The Labute approximate surface area is 98.3 Å². The highest BCUT2D eigenvalue weighted by Gasteiger charge is 1.99. The molecule has 0 unspecified atom stereocenters. The van der Waals surface area contributed by atoms with Crippen LogP contribution < -0.4 is 4.74 Å². The van der Waals surface area contributed by atoms with Crippen LogP contribution in [0, 0.1) is 6.92 Å². The van der Waals surface area contributed by atoms with E-state index in [2.05, 4.69) is 15.2 Å². The molecule has 0 aliphatic rings. The molecule has 82 valence electrons. The van der Waals surface area contributed by atoms with Crippen LogP contribution in [-0.4, -0.2) is 15.2 Å². The molecule has 5 heteroatoms. The zero-order chi connectivity index (χ0) is 11.4. The topological polar surface area (TPSA) is 47.9 Å². The van der Waals surface area contributed by atoms with E-state index < -0.39 is 0 Å². The van der Waals surface area contributed by atoms with E-state index in [-0.39, 0.29) is 0 Å². The molecule has 2 rings (SSSR count). The first-order valence-electron chi connectivity index (χ1n) is 4.77. The SMILES string of the molecule is Cc1ccc(COc2ccnc(Cl)c2)nn1. The number of rotatable bonds is 3. The Bertz CT molecular complexity index is 473. The third-order valence-electron chi connectivity index (χ3n) is 1.94. The van der Waals surface area contributed by atoms with Crippen LogP contribution in [0.2, 0.25) is 5.15 Å². The van der Waals surface area contributed by atoms with Crippen molar-refractivity contribution in [2.75, 3.05) is 0 Å². The Kier molecular flexibility index (Phi) is 3.31. The highest BCUT2D eigenvalue weighted by molar-refractivity contribution is 6.29. The molecule has 2 heterocycles. The van der Waals surface area contributed by atoms with E-state index in [1.807, 2.05) is 19.1 Å². The predicted octanol–water partition coefficient (Wildman–Crippen LogP) is 2.41. The Morgan fingerprint density at radius 1 is 1.25 bits per heavy atom. The molecule has 0 aromatic carbocycles. The van der Waals surface area contributed by atoms with Gasteiger partial charge in [-0.1, -0.05) is 11.6 Å². The Hall–Kier alpha value is -1.68. The summed E-state index contributed by atoms with van der Waals surface area (Å²) >= 11 is 5.73. The minimum atomic E-state index is 0.369. The molecule has 2 aromatic rings. The van der Waals surface area contributed by atoms with Gasteiger partial charge in [-0.25, -0.2) is 4.98 Å². The molecular formula is C11H10ClN3O. The van der Waals surface area contributed by atoms with Crippen molar-refractivity contribution in [3.05, 3.63) is 47.0 Å². The van der Waals surface area contributed by atoms with Crippen molar-refractivity contribution in [2.45, 2.75) is 13.5 Å². The molecule has 0 aliphatic carbocycles. The van der Waals surface area contributed by atoms with Crippen LogP contribution in [0.3, 0.4) is 0 Å². The van der Waals surface area contributed by atoms with Gasteiger partial charge in [0.25, 0.3) is 0 Å². The number of nitrogens with zero attached hydrogens (tertiary/aromatic N) is 3. The van der Waals surface area contributed by atoms with Crippen molar-refractivity contribution in [2.24, 2.45) is 0 Å². The maximum absolute atomic E-state index is 5.73. The molecule has 0 N–H and O–H groups in total. The summed E-state index contributed by atoms with van der Waals surface area (Å²) in [5.41, 5.74) is 1.66. The minimum absolute atomic E-state index is 0.369. The summed E-state index contributed by atoms with van der Waals surface area (Å²) in [5.74, 6) is 0.669. The number of halogens is 1. The highest BCUT2D eigenvalue weighted by Crippen LogP contribution is 2.15. The number of aromatic nitrogens is 3. The lowest BCUT2D eigenvalue weighted by molar-refractivity contribution is 0.299. The number of hydrogen-bond donors (Lipinski definition) is 0. The van der Waals surface area contributed by atoms with Crippen LogP contribution >= 0.6 is 11.6 Å². The van der Waals surface area contributed by atoms with E-state index in [4.69, 9.17) is 16.3 Å². The van der Waals surface area contributed by atoms with E-state index >= 15 is 0 Å². The fourth-order valence-corrected chi connectivity index (χ4v) is 1.30. The van der Waals surface area contributed by atoms with Gasteiger partial charge in [-0.05, 0) is 25.1 Å². The van der Waals surface area contributed by atoms with Crippen molar-refractivity contribution in [1.29, 1.82) is 0 Å². The largest absolute Gasteiger partial charge is 0.487 e. The summed E-state index contributed by atoms with van der Waals surface area (Å²) in [6.07, 6.45) is 1.60. The van der Waals surface area contributed by atoms with E-state index in [1.165, 1.54) is 0 Å². The Morgan fingerprint density at radius 2 is 2.12 bits per heavy atom. The third kappa shape index (κ3) is 2.90. The van der Waals surface area contributed by atoms with Gasteiger partial charge >= 0.3 is 0 Å². The zero-order valence-corrected chi connectivity index (χ0v) is 9.48. The minimum Gasteiger partial charge on any atom is -0.487 e. The molecule has 0 aliphatic heterocycles. The summed E-state index contributed by atoms with van der Waals surface area (Å²) in [6.45, 7) is 2.26. The first kappa shape index (κ1) is 10.8. The second-order valence-corrected chi connectivity index (χ2v) is 3.66. The van der Waals surface area contributed by atoms with Crippen LogP contribution in [0.15, 0.2) is 30.5 Å². The Balaban J connectivity index is 1.99. The lowest BCUT2D eigenvalue weighted by Crippen LogP contribution is -2.00. The summed E-state index contributed by atoms with van der Waals surface area (Å²) in [7, 11) is 0. The molecule has 2 aromatic heterocycles. The van der Waals surface area contributed by atoms with Gasteiger partial charge in [0.1, 0.15) is 23.2 Å². The highest BCUT2D eigenvalue weighted by atomic mass is 35.5. The quantitative estimate of drug-likeness (QED) is 0.767. The van der Waals surface area contributed by atoms with Crippen LogP contribution in [0.4, 0.5) is 0 Å². The van der Waals surface area contributed by atoms with Crippen molar-refractivity contribution in [3.8, 4) is 5.75 Å². The molecule has 0 saturated carbocycles. The lowest BCUT2D eigenvalue weighted by Gasteiger charge is -2.04. The predicted molar refractivity (Wildman–Crippen MR) is 60.3 cm³/mol. The molecule has 16 heavy (non-hydrogen) atoms. The van der Waals surface area contributed by atoms with Crippen LogP contribution in [0.5, 0.6) is 5.75 Å². The van der Waals surface area contributed by atoms with Crippen molar-refractivity contribution in [3.63, 3.8) is 0 Å². The summed E-state index contributed by atoms with van der Waals surface area (Å²) in [6, 6.07) is 7.17. The average molecular weight is 236 g/mol. The van der Waals surface area contributed by atoms with Gasteiger partial charge in [-0.3, -0.25) is 0 Å². The molecule has 0 fully saturated rings. The van der Waals surface area contributed by atoms with Crippen molar-refractivity contribution < 1.29 is 4.74 Å². The lowest BCUT2D eigenvalue weighted by atomic mass is 10.3. The Morgan fingerprint density at radius 3 is 2.81 bits per heavy atom. The number of ether oxygens (including phenoxy) is 1. The van der Waals surface area contributed by atoms with Crippen LogP contribution in [0.25, 0.3) is 0 Å². The molecular weight excluding hydrogens is 226 g/mol. The third-order valence-corrected chi connectivity index (χ3v) is 2.14. The van der Waals surface area contributed by atoms with Gasteiger partial charge in [0, 0.05) is 12.3 Å². The van der Waals surface area contributed by atoms with Crippen molar-refractivity contribution in [1.82, 2.24) is 15.2 Å². The van der Waals surface area contributed by atoms with Crippen LogP contribution in [0.1, 0.15) is 11.4 Å². The normalized spacial score (nSPS) is 10.1. The first-order valence-corrected chi connectivity index (χ1v) is 5.15. The zero-order valence-electron chi connectivity index (χ0n) is 8.72. The number of aryl methyl sites for hydroxylation is 1. The molecule has 0 saturated heterocycles. The molecule has 0 radical (unpaired) electrons. The van der Waals surface area contributed by atoms with Gasteiger partial charge in [0.2, 0.25) is 0 Å². The van der Waals surface area contributed by atoms with Gasteiger partial charge in [-0.2, -0.15) is 10.2 Å². The average Bonchev–Trinajstić information content (AvgIpc) is 2.28. The van der Waals surface area contributed by atoms with E-state index in [9.17, 15) is 0 Å². The van der Waals surface area contributed by atoms with Crippen LogP contribution in [-0.2, 0) is 6.61 Å². The molecule has 0 spiro atoms. The van der Waals surface area contributed by atoms with Gasteiger partial charge in [0.05, 0.1) is 5.69 Å². The first-order chi connectivity index (χ1) is 7.74. The second-order valence-electron chi connectivity index (χ2n) is 3.27. The summed E-state index contributed by atoms with van der Waals surface area (Å²) < 4.78 is 5.49. The summed E-state index contributed by atoms with van der Waals surface area (Å²) in [4.78, 5) is 3.86. The van der Waals surface area contributed by atoms with Gasteiger partial charge in [-0.15, -0.1) is 0 Å². The molecule has 0 bridgehead atoms. The maximum Gasteiger partial charge on any atom is 0.132 e. The smallest absolute Gasteiger partial charge is 0.132 e. The maximum atomic E-state index is 5.73. The number of hydrogen-bond acceptors (Lipinski definition) is 4. The molecule has 0 atom stereocenters. The van der Waals surface area contributed by atoms with E-state index in [0.717, 1.165) is 11.4 Å². The molecule has 4 nitrogen and oxygen atoms in total. The van der Waals surface area contributed by atoms with E-state index in [0.29, 0.717) is 17.5 Å². The fraction of sp³-hybridized carbons (Fsp3) is 0.182. The van der Waals surface area contributed by atoms with E-state index in [1.54, 1.807) is 18.3 Å². The second kappa shape index (κ2) is 4.90. The fourth-order valence-electron chi connectivity index (χ4n) is 1.14. The van der Waals surface area contributed by atoms with Crippen molar-refractivity contribution >= 4 is 11.6 Å². The van der Waals surface area contributed by atoms with Gasteiger partial charge < -0.3 is 4.74 Å². The monoisotopic (exact) mass is 235 g/mol. The number of pyridine rings is 1. The van der Waals surface area contributed by atoms with Gasteiger partial charge in [0.15, 0.2) is 0 Å². The summed E-state index contributed by atoms with van der Waals surface area (Å²) in [5, 5.41) is 8.34.